The monoisotopic (exact) mass is 367 g/mol. The van der Waals surface area contributed by atoms with Gasteiger partial charge in [-0.3, -0.25) is 0 Å². The first kappa shape index (κ1) is 17.3. The van der Waals surface area contributed by atoms with Gasteiger partial charge in [0.25, 0.3) is 0 Å². The van der Waals surface area contributed by atoms with E-state index in [-0.39, 0.29) is 6.04 Å². The highest BCUT2D eigenvalue weighted by molar-refractivity contribution is 5.74. The number of benzene rings is 3. The van der Waals surface area contributed by atoms with Crippen molar-refractivity contribution in [1.29, 1.82) is 0 Å². The first-order chi connectivity index (χ1) is 13.0. The number of halogens is 3. The van der Waals surface area contributed by atoms with Crippen molar-refractivity contribution in [3.05, 3.63) is 95.6 Å². The highest BCUT2D eigenvalue weighted by atomic mass is 19.4. The molecular weight excluding hydrogens is 351 g/mol. The molecule has 6 heteroatoms. The summed E-state index contributed by atoms with van der Waals surface area (Å²) in [5, 5.41) is 8.48. The number of rotatable bonds is 4. The third-order valence-electron chi connectivity index (χ3n) is 4.57. The molecule has 0 amide bonds. The standard InChI is InChI=1S/C21H16F3N3/c22-21(23,24)17-12-10-16(11-13-17)20(14-15-6-2-1-3-7-15)27-19-9-5-4-8-18(19)25-26-27/h1-13,20H,14H2. The van der Waals surface area contributed by atoms with Crippen LogP contribution in [0.15, 0.2) is 78.9 Å². The summed E-state index contributed by atoms with van der Waals surface area (Å²) >= 11 is 0. The summed E-state index contributed by atoms with van der Waals surface area (Å²) in [6.45, 7) is 0. The summed E-state index contributed by atoms with van der Waals surface area (Å²) in [6, 6.07) is 22.4. The summed E-state index contributed by atoms with van der Waals surface area (Å²) in [4.78, 5) is 0. The third-order valence-corrected chi connectivity index (χ3v) is 4.57. The minimum Gasteiger partial charge on any atom is -0.237 e. The lowest BCUT2D eigenvalue weighted by atomic mass is 9.97. The molecule has 3 aromatic carbocycles. The van der Waals surface area contributed by atoms with Gasteiger partial charge in [0.1, 0.15) is 5.52 Å². The number of hydrogen-bond acceptors (Lipinski definition) is 2. The largest absolute Gasteiger partial charge is 0.416 e. The van der Waals surface area contributed by atoms with Crippen molar-refractivity contribution in [3.8, 4) is 0 Å². The second-order valence-electron chi connectivity index (χ2n) is 6.35. The average molecular weight is 367 g/mol. The Morgan fingerprint density at radius 2 is 1.48 bits per heavy atom. The van der Waals surface area contributed by atoms with E-state index >= 15 is 0 Å². The second kappa shape index (κ2) is 6.87. The van der Waals surface area contributed by atoms with Gasteiger partial charge in [-0.2, -0.15) is 13.2 Å². The highest BCUT2D eigenvalue weighted by Gasteiger charge is 2.30. The summed E-state index contributed by atoms with van der Waals surface area (Å²) in [6.07, 6.45) is -3.76. The molecule has 0 aliphatic carbocycles. The lowest BCUT2D eigenvalue weighted by Gasteiger charge is -2.19. The molecule has 1 aromatic heterocycles. The number of aromatic nitrogens is 3. The Morgan fingerprint density at radius 1 is 0.815 bits per heavy atom. The van der Waals surface area contributed by atoms with Crippen molar-refractivity contribution in [3.63, 3.8) is 0 Å². The van der Waals surface area contributed by atoms with E-state index in [1.54, 1.807) is 4.68 Å². The SMILES string of the molecule is FC(F)(F)c1ccc(C(Cc2ccccc2)n2nnc3ccccc32)cc1. The van der Waals surface area contributed by atoms with Gasteiger partial charge in [-0.25, -0.2) is 4.68 Å². The van der Waals surface area contributed by atoms with Gasteiger partial charge < -0.3 is 0 Å². The Hall–Kier alpha value is -3.15. The first-order valence-electron chi connectivity index (χ1n) is 8.53. The maximum Gasteiger partial charge on any atom is 0.416 e. The van der Waals surface area contributed by atoms with Crippen LogP contribution in [0.1, 0.15) is 22.7 Å². The van der Waals surface area contributed by atoms with Gasteiger partial charge in [-0.05, 0) is 41.8 Å². The molecule has 1 unspecified atom stereocenters. The first-order valence-corrected chi connectivity index (χ1v) is 8.53. The van der Waals surface area contributed by atoms with Crippen LogP contribution in [0.2, 0.25) is 0 Å². The van der Waals surface area contributed by atoms with E-state index in [0.717, 1.165) is 34.3 Å². The molecule has 0 bridgehead atoms. The molecule has 0 saturated carbocycles. The third kappa shape index (κ3) is 3.56. The van der Waals surface area contributed by atoms with Crippen LogP contribution in [0.4, 0.5) is 13.2 Å². The van der Waals surface area contributed by atoms with Crippen LogP contribution >= 0.6 is 0 Å². The normalized spacial score (nSPS) is 13.0. The Morgan fingerprint density at radius 3 is 2.19 bits per heavy atom. The quantitative estimate of drug-likeness (QED) is 0.491. The predicted molar refractivity (Wildman–Crippen MR) is 97.3 cm³/mol. The van der Waals surface area contributed by atoms with Crippen LogP contribution in [0.25, 0.3) is 11.0 Å². The summed E-state index contributed by atoms with van der Waals surface area (Å²) in [5.41, 5.74) is 2.76. The van der Waals surface area contributed by atoms with E-state index in [1.165, 1.54) is 12.1 Å². The minimum atomic E-state index is -4.35. The zero-order chi connectivity index (χ0) is 18.9. The molecule has 1 heterocycles. The zero-order valence-electron chi connectivity index (χ0n) is 14.3. The highest BCUT2D eigenvalue weighted by Crippen LogP contribution is 2.32. The summed E-state index contributed by atoms with van der Waals surface area (Å²) < 4.78 is 40.5. The maximum absolute atomic E-state index is 12.9. The van der Waals surface area contributed by atoms with Crippen molar-refractivity contribution >= 4 is 11.0 Å². The van der Waals surface area contributed by atoms with Crippen molar-refractivity contribution < 1.29 is 13.2 Å². The number of alkyl halides is 3. The minimum absolute atomic E-state index is 0.262. The maximum atomic E-state index is 12.9. The molecule has 0 aliphatic heterocycles. The lowest BCUT2D eigenvalue weighted by molar-refractivity contribution is -0.137. The molecule has 0 aliphatic rings. The van der Waals surface area contributed by atoms with Gasteiger partial charge in [0.15, 0.2) is 0 Å². The van der Waals surface area contributed by atoms with Gasteiger partial charge in [0.05, 0.1) is 17.1 Å². The van der Waals surface area contributed by atoms with E-state index < -0.39 is 11.7 Å². The molecule has 27 heavy (non-hydrogen) atoms. The van der Waals surface area contributed by atoms with E-state index in [4.69, 9.17) is 0 Å². The summed E-state index contributed by atoms with van der Waals surface area (Å²) in [5.74, 6) is 0. The molecule has 0 spiro atoms. The van der Waals surface area contributed by atoms with E-state index in [0.29, 0.717) is 6.42 Å². The molecule has 0 saturated heterocycles. The van der Waals surface area contributed by atoms with Crippen molar-refractivity contribution in [1.82, 2.24) is 15.0 Å². The van der Waals surface area contributed by atoms with Gasteiger partial charge in [0, 0.05) is 0 Å². The Balaban J connectivity index is 1.79. The number of hydrogen-bond donors (Lipinski definition) is 0. The number of nitrogens with zero attached hydrogens (tertiary/aromatic N) is 3. The van der Waals surface area contributed by atoms with Crippen LogP contribution < -0.4 is 0 Å². The van der Waals surface area contributed by atoms with Gasteiger partial charge >= 0.3 is 6.18 Å². The van der Waals surface area contributed by atoms with Gasteiger partial charge in [0.2, 0.25) is 0 Å². The molecule has 0 fully saturated rings. The van der Waals surface area contributed by atoms with Crippen LogP contribution in [0.3, 0.4) is 0 Å². The molecular formula is C21H16F3N3. The lowest BCUT2D eigenvalue weighted by Crippen LogP contribution is -2.16. The van der Waals surface area contributed by atoms with Gasteiger partial charge in [-0.1, -0.05) is 59.8 Å². The smallest absolute Gasteiger partial charge is 0.237 e. The second-order valence-corrected chi connectivity index (χ2v) is 6.35. The van der Waals surface area contributed by atoms with Crippen LogP contribution in [0, 0.1) is 0 Å². The van der Waals surface area contributed by atoms with Crippen molar-refractivity contribution in [2.45, 2.75) is 18.6 Å². The molecule has 4 rings (SSSR count). The Bertz CT molecular complexity index is 1040. The van der Waals surface area contributed by atoms with E-state index in [1.807, 2.05) is 54.6 Å². The topological polar surface area (TPSA) is 30.7 Å². The molecule has 0 N–H and O–H groups in total. The summed E-state index contributed by atoms with van der Waals surface area (Å²) in [7, 11) is 0. The fourth-order valence-corrected chi connectivity index (χ4v) is 3.19. The molecule has 1 atom stereocenters. The fraction of sp³-hybridized carbons (Fsp3) is 0.143. The molecule has 136 valence electrons. The Labute approximate surface area is 154 Å². The van der Waals surface area contributed by atoms with E-state index in [2.05, 4.69) is 10.3 Å². The van der Waals surface area contributed by atoms with Crippen LogP contribution in [-0.2, 0) is 12.6 Å². The number of para-hydroxylation sites is 1. The molecule has 0 radical (unpaired) electrons. The Kier molecular flexibility index (Phi) is 4.39. The van der Waals surface area contributed by atoms with Crippen molar-refractivity contribution in [2.75, 3.05) is 0 Å². The predicted octanol–water partition coefficient (Wildman–Crippen LogP) is 5.28. The zero-order valence-corrected chi connectivity index (χ0v) is 14.3. The molecule has 4 aromatic rings. The van der Waals surface area contributed by atoms with Crippen molar-refractivity contribution in [2.24, 2.45) is 0 Å². The molecule has 3 nitrogen and oxygen atoms in total. The fourth-order valence-electron chi connectivity index (χ4n) is 3.19. The van der Waals surface area contributed by atoms with E-state index in [9.17, 15) is 13.2 Å². The van der Waals surface area contributed by atoms with Crippen LogP contribution in [0.5, 0.6) is 0 Å². The van der Waals surface area contributed by atoms with Crippen LogP contribution in [-0.4, -0.2) is 15.0 Å². The number of fused-ring (bicyclic) bond motifs is 1. The average Bonchev–Trinajstić information content (AvgIpc) is 3.10. The van der Waals surface area contributed by atoms with Gasteiger partial charge in [-0.15, -0.1) is 5.10 Å².